The predicted molar refractivity (Wildman–Crippen MR) is 115 cm³/mol. The van der Waals surface area contributed by atoms with E-state index in [0.717, 1.165) is 50.5 Å². The van der Waals surface area contributed by atoms with Gasteiger partial charge >= 0.3 is 0 Å². The molecule has 0 radical (unpaired) electrons. The number of aryl methyl sites for hydroxylation is 1. The Morgan fingerprint density at radius 3 is 2.57 bits per heavy atom. The van der Waals surface area contributed by atoms with E-state index in [2.05, 4.69) is 5.32 Å². The average Bonchev–Trinajstić information content (AvgIpc) is 3.23. The van der Waals surface area contributed by atoms with Crippen LogP contribution in [-0.4, -0.2) is 49.7 Å². The van der Waals surface area contributed by atoms with Gasteiger partial charge in [-0.1, -0.05) is 19.3 Å². The third-order valence-corrected chi connectivity index (χ3v) is 8.63. The van der Waals surface area contributed by atoms with Crippen LogP contribution in [0.3, 0.4) is 0 Å². The highest BCUT2D eigenvalue weighted by molar-refractivity contribution is 7.89. The van der Waals surface area contributed by atoms with Crippen LogP contribution >= 0.6 is 0 Å². The third-order valence-electron chi connectivity index (χ3n) is 6.62. The summed E-state index contributed by atoms with van der Waals surface area (Å²) in [5, 5.41) is 3.03. The van der Waals surface area contributed by atoms with Gasteiger partial charge in [0.25, 0.3) is 0 Å². The van der Waals surface area contributed by atoms with Crippen molar-refractivity contribution in [1.82, 2.24) is 9.62 Å². The number of rotatable bonds is 5. The van der Waals surface area contributed by atoms with Crippen molar-refractivity contribution in [3.63, 3.8) is 0 Å². The Morgan fingerprint density at radius 2 is 1.83 bits per heavy atom. The summed E-state index contributed by atoms with van der Waals surface area (Å²) in [7, 11) is -3.56. The normalized spacial score (nSPS) is 23.4. The molecule has 1 unspecified atom stereocenters. The molecule has 3 aliphatic rings. The third kappa shape index (κ3) is 4.25. The van der Waals surface area contributed by atoms with Crippen molar-refractivity contribution in [2.24, 2.45) is 0 Å². The lowest BCUT2D eigenvalue weighted by molar-refractivity contribution is -0.124. The first-order valence-electron chi connectivity index (χ1n) is 11.1. The maximum atomic E-state index is 13.2. The highest BCUT2D eigenvalue weighted by Crippen LogP contribution is 2.32. The van der Waals surface area contributed by atoms with Gasteiger partial charge in [-0.3, -0.25) is 9.59 Å². The molecule has 0 spiro atoms. The van der Waals surface area contributed by atoms with Crippen molar-refractivity contribution in [1.29, 1.82) is 0 Å². The van der Waals surface area contributed by atoms with E-state index in [1.807, 2.05) is 6.92 Å². The van der Waals surface area contributed by atoms with E-state index in [1.165, 1.54) is 4.90 Å². The number of fused-ring (bicyclic) bond motifs is 1. The number of benzene rings is 1. The van der Waals surface area contributed by atoms with Gasteiger partial charge in [0.1, 0.15) is 6.54 Å². The topological polar surface area (TPSA) is 86.8 Å². The minimum absolute atomic E-state index is 0.00265. The molecule has 1 aliphatic carbocycles. The maximum Gasteiger partial charge on any atom is 0.243 e. The number of carbonyl (C=O) groups is 2. The second-order valence-corrected chi connectivity index (χ2v) is 10.7. The fourth-order valence-electron chi connectivity index (χ4n) is 4.92. The molecule has 1 aromatic carbocycles. The lowest BCUT2D eigenvalue weighted by Gasteiger charge is -2.33. The number of hydrogen-bond acceptors (Lipinski definition) is 4. The van der Waals surface area contributed by atoms with Gasteiger partial charge in [-0.2, -0.15) is 4.31 Å². The molecule has 7 nitrogen and oxygen atoms in total. The van der Waals surface area contributed by atoms with Gasteiger partial charge in [0.2, 0.25) is 21.8 Å². The number of anilines is 1. The standard InChI is InChI=1S/C22H31N3O4S/c1-16-6-4-5-13-25(16)30(28,29)19-10-11-20-17(14-19)9-12-22(27)24(20)15-21(26)23-18-7-2-3-8-18/h10-11,14,16,18H,2-9,12-13,15H2,1H3,(H,23,26). The van der Waals surface area contributed by atoms with Crippen LogP contribution in [0, 0.1) is 0 Å². The van der Waals surface area contributed by atoms with Crippen LogP contribution in [0.5, 0.6) is 0 Å². The molecule has 30 heavy (non-hydrogen) atoms. The van der Waals surface area contributed by atoms with E-state index in [1.54, 1.807) is 22.5 Å². The number of hydrogen-bond donors (Lipinski definition) is 1. The number of nitrogens with zero attached hydrogens (tertiary/aromatic N) is 2. The first kappa shape index (κ1) is 21.3. The van der Waals surface area contributed by atoms with Crippen LogP contribution in [0.1, 0.15) is 63.9 Å². The highest BCUT2D eigenvalue weighted by atomic mass is 32.2. The van der Waals surface area contributed by atoms with Crippen LogP contribution in [0.2, 0.25) is 0 Å². The molecule has 1 saturated heterocycles. The summed E-state index contributed by atoms with van der Waals surface area (Å²) in [6.45, 7) is 2.49. The molecule has 0 aromatic heterocycles. The molecule has 1 saturated carbocycles. The molecular formula is C22H31N3O4S. The second kappa shape index (κ2) is 8.67. The Hall–Kier alpha value is -1.93. The van der Waals surface area contributed by atoms with Gasteiger partial charge in [0.15, 0.2) is 0 Å². The molecule has 1 N–H and O–H groups in total. The Labute approximate surface area is 178 Å². The number of sulfonamides is 1. The molecule has 164 valence electrons. The van der Waals surface area contributed by atoms with E-state index in [-0.39, 0.29) is 41.8 Å². The number of nitrogens with one attached hydrogen (secondary N) is 1. The van der Waals surface area contributed by atoms with E-state index >= 15 is 0 Å². The summed E-state index contributed by atoms with van der Waals surface area (Å²) in [5.74, 6) is -0.244. The average molecular weight is 434 g/mol. The van der Waals surface area contributed by atoms with Gasteiger partial charge in [0.05, 0.1) is 4.90 Å². The van der Waals surface area contributed by atoms with E-state index in [0.29, 0.717) is 18.7 Å². The molecular weight excluding hydrogens is 402 g/mol. The monoisotopic (exact) mass is 433 g/mol. The SMILES string of the molecule is CC1CCCCN1S(=O)(=O)c1ccc2c(c1)CCC(=O)N2CC(=O)NC1CCCC1. The number of carbonyl (C=O) groups excluding carboxylic acids is 2. The minimum atomic E-state index is -3.56. The maximum absolute atomic E-state index is 13.2. The first-order chi connectivity index (χ1) is 14.4. The molecule has 2 aliphatic heterocycles. The van der Waals surface area contributed by atoms with Crippen LogP contribution in [0.25, 0.3) is 0 Å². The summed E-state index contributed by atoms with van der Waals surface area (Å²) >= 11 is 0. The van der Waals surface area contributed by atoms with Crippen LogP contribution in [-0.2, 0) is 26.0 Å². The van der Waals surface area contributed by atoms with Crippen molar-refractivity contribution in [2.75, 3.05) is 18.0 Å². The highest BCUT2D eigenvalue weighted by Gasteiger charge is 2.33. The molecule has 8 heteroatoms. The summed E-state index contributed by atoms with van der Waals surface area (Å²) in [4.78, 5) is 26.8. The first-order valence-corrected chi connectivity index (χ1v) is 12.5. The lowest BCUT2D eigenvalue weighted by Crippen LogP contribution is -2.45. The summed E-state index contributed by atoms with van der Waals surface area (Å²) in [5.41, 5.74) is 1.47. The lowest BCUT2D eigenvalue weighted by atomic mass is 10.0. The van der Waals surface area contributed by atoms with Crippen molar-refractivity contribution in [3.8, 4) is 0 Å². The molecule has 4 rings (SSSR count). The quantitative estimate of drug-likeness (QED) is 0.773. The van der Waals surface area contributed by atoms with Gasteiger partial charge in [-0.15, -0.1) is 0 Å². The van der Waals surface area contributed by atoms with Crippen LogP contribution in [0.4, 0.5) is 5.69 Å². The van der Waals surface area contributed by atoms with Gasteiger partial charge in [-0.25, -0.2) is 8.42 Å². The Balaban J connectivity index is 1.54. The molecule has 2 heterocycles. The van der Waals surface area contributed by atoms with Crippen LogP contribution < -0.4 is 10.2 Å². The van der Waals surface area contributed by atoms with Gasteiger partial charge in [0, 0.05) is 30.7 Å². The zero-order valence-corrected chi connectivity index (χ0v) is 18.4. The Kier molecular flexibility index (Phi) is 6.16. The van der Waals surface area contributed by atoms with Gasteiger partial charge in [-0.05, 0) is 62.8 Å². The van der Waals surface area contributed by atoms with E-state index in [9.17, 15) is 18.0 Å². The minimum Gasteiger partial charge on any atom is -0.352 e. The van der Waals surface area contributed by atoms with Crippen molar-refractivity contribution in [2.45, 2.75) is 81.7 Å². The molecule has 2 amide bonds. The largest absolute Gasteiger partial charge is 0.352 e. The molecule has 1 aromatic rings. The smallest absolute Gasteiger partial charge is 0.243 e. The van der Waals surface area contributed by atoms with Crippen LogP contribution in [0.15, 0.2) is 23.1 Å². The molecule has 0 bridgehead atoms. The summed E-state index contributed by atoms with van der Waals surface area (Å²) in [6, 6.07) is 5.17. The van der Waals surface area contributed by atoms with Crippen molar-refractivity contribution in [3.05, 3.63) is 23.8 Å². The van der Waals surface area contributed by atoms with Gasteiger partial charge < -0.3 is 10.2 Å². The Morgan fingerprint density at radius 1 is 1.10 bits per heavy atom. The molecule has 2 fully saturated rings. The van der Waals surface area contributed by atoms with Crippen molar-refractivity contribution >= 4 is 27.5 Å². The van der Waals surface area contributed by atoms with E-state index < -0.39 is 10.0 Å². The zero-order valence-electron chi connectivity index (χ0n) is 17.6. The number of piperidine rings is 1. The Bertz CT molecular complexity index is 924. The number of amides is 2. The van der Waals surface area contributed by atoms with Crippen molar-refractivity contribution < 1.29 is 18.0 Å². The summed E-state index contributed by atoms with van der Waals surface area (Å²) in [6.07, 6.45) is 7.83. The summed E-state index contributed by atoms with van der Waals surface area (Å²) < 4.78 is 28.0. The predicted octanol–water partition coefficient (Wildman–Crippen LogP) is 2.59. The molecule has 1 atom stereocenters. The fraction of sp³-hybridized carbons (Fsp3) is 0.636. The second-order valence-electron chi connectivity index (χ2n) is 8.78. The van der Waals surface area contributed by atoms with E-state index in [4.69, 9.17) is 0 Å². The zero-order chi connectivity index (χ0) is 21.3. The fourth-order valence-corrected chi connectivity index (χ4v) is 6.67.